The minimum absolute atomic E-state index is 0.230. The number of amides is 1. The zero-order chi connectivity index (χ0) is 11.3. The summed E-state index contributed by atoms with van der Waals surface area (Å²) in [6.45, 7) is 4.65. The van der Waals surface area contributed by atoms with E-state index in [2.05, 4.69) is 5.32 Å². The fraction of sp³-hybridized carbons (Fsp3) is 0.909. The van der Waals surface area contributed by atoms with Gasteiger partial charge in [0.05, 0.1) is 0 Å². The van der Waals surface area contributed by atoms with Crippen LogP contribution in [-0.2, 0) is 9.53 Å². The molecule has 0 aromatic rings. The second kappa shape index (κ2) is 6.08. The van der Waals surface area contributed by atoms with Gasteiger partial charge in [-0.25, -0.2) is 0 Å². The highest BCUT2D eigenvalue weighted by Crippen LogP contribution is 2.11. The fourth-order valence-electron chi connectivity index (χ4n) is 1.96. The number of likely N-dealkylation sites (N-methyl/N-ethyl adjacent to an activating group) is 1. The summed E-state index contributed by atoms with van der Waals surface area (Å²) >= 11 is 0. The lowest BCUT2D eigenvalue weighted by Crippen LogP contribution is -2.39. The number of nitrogens with zero attached hydrogens (tertiary/aromatic N) is 1. The van der Waals surface area contributed by atoms with Crippen molar-refractivity contribution in [3.05, 3.63) is 0 Å². The van der Waals surface area contributed by atoms with Gasteiger partial charge in [-0.15, -0.1) is 0 Å². The Kier molecular flexibility index (Phi) is 5.05. The molecule has 88 valence electrons. The third-order valence-electron chi connectivity index (χ3n) is 2.95. The van der Waals surface area contributed by atoms with Crippen molar-refractivity contribution in [2.75, 3.05) is 33.9 Å². The summed E-state index contributed by atoms with van der Waals surface area (Å²) in [6, 6.07) is 0.382. The Labute approximate surface area is 92.0 Å². The van der Waals surface area contributed by atoms with E-state index >= 15 is 0 Å². The Balaban J connectivity index is 2.31. The average Bonchev–Trinajstić information content (AvgIpc) is 2.69. The molecule has 15 heavy (non-hydrogen) atoms. The quantitative estimate of drug-likeness (QED) is 0.724. The smallest absolute Gasteiger partial charge is 0.222 e. The maximum absolute atomic E-state index is 11.9. The van der Waals surface area contributed by atoms with Crippen molar-refractivity contribution in [3.63, 3.8) is 0 Å². The first kappa shape index (κ1) is 12.5. The molecule has 1 N–H and O–H groups in total. The minimum Gasteiger partial charge on any atom is -0.384 e. The van der Waals surface area contributed by atoms with Gasteiger partial charge in [0.25, 0.3) is 0 Å². The Morgan fingerprint density at radius 1 is 1.67 bits per heavy atom. The Morgan fingerprint density at radius 3 is 2.93 bits per heavy atom. The average molecular weight is 214 g/mol. The van der Waals surface area contributed by atoms with Crippen LogP contribution >= 0.6 is 0 Å². The van der Waals surface area contributed by atoms with Crippen LogP contribution in [0.15, 0.2) is 0 Å². The zero-order valence-electron chi connectivity index (χ0n) is 9.95. The number of nitrogens with one attached hydrogen (secondary N) is 1. The number of carbonyl (C=O) groups excluding carboxylic acids is 1. The SMILES string of the molecule is COCC(C)CC(=O)N(C)C1CCNC1. The highest BCUT2D eigenvalue weighted by Gasteiger charge is 2.23. The molecule has 0 bridgehead atoms. The monoisotopic (exact) mass is 214 g/mol. The van der Waals surface area contributed by atoms with E-state index in [-0.39, 0.29) is 5.91 Å². The molecule has 2 atom stereocenters. The maximum atomic E-state index is 11.9. The van der Waals surface area contributed by atoms with Gasteiger partial charge < -0.3 is 15.0 Å². The van der Waals surface area contributed by atoms with Crippen LogP contribution in [-0.4, -0.2) is 50.7 Å². The molecular weight excluding hydrogens is 192 g/mol. The molecule has 1 fully saturated rings. The highest BCUT2D eigenvalue weighted by molar-refractivity contribution is 5.76. The lowest BCUT2D eigenvalue weighted by atomic mass is 10.1. The number of hydrogen-bond acceptors (Lipinski definition) is 3. The number of rotatable bonds is 5. The molecule has 1 aliphatic heterocycles. The number of hydrogen-bond donors (Lipinski definition) is 1. The van der Waals surface area contributed by atoms with Gasteiger partial charge in [0.2, 0.25) is 5.91 Å². The summed E-state index contributed by atoms with van der Waals surface area (Å²) in [5.74, 6) is 0.535. The van der Waals surface area contributed by atoms with Crippen LogP contribution < -0.4 is 5.32 Å². The van der Waals surface area contributed by atoms with Gasteiger partial charge in [0.1, 0.15) is 0 Å². The van der Waals surface area contributed by atoms with Crippen molar-refractivity contribution in [1.29, 1.82) is 0 Å². The minimum atomic E-state index is 0.230. The largest absolute Gasteiger partial charge is 0.384 e. The standard InChI is InChI=1S/C11H22N2O2/c1-9(8-15-3)6-11(14)13(2)10-4-5-12-7-10/h9-10,12H,4-8H2,1-3H3. The van der Waals surface area contributed by atoms with E-state index < -0.39 is 0 Å². The molecular formula is C11H22N2O2. The molecule has 1 heterocycles. The number of carbonyl (C=O) groups is 1. The van der Waals surface area contributed by atoms with Crippen molar-refractivity contribution in [1.82, 2.24) is 10.2 Å². The van der Waals surface area contributed by atoms with Gasteiger partial charge in [-0.05, 0) is 18.9 Å². The summed E-state index contributed by atoms with van der Waals surface area (Å²) in [7, 11) is 3.57. The van der Waals surface area contributed by atoms with E-state index in [0.29, 0.717) is 25.0 Å². The molecule has 1 rings (SSSR count). The fourth-order valence-corrected chi connectivity index (χ4v) is 1.96. The van der Waals surface area contributed by atoms with Crippen LogP contribution in [0.25, 0.3) is 0 Å². The van der Waals surface area contributed by atoms with Crippen molar-refractivity contribution >= 4 is 5.91 Å². The summed E-state index contributed by atoms with van der Waals surface area (Å²) in [5.41, 5.74) is 0. The summed E-state index contributed by atoms with van der Waals surface area (Å²) < 4.78 is 5.03. The number of ether oxygens (including phenoxy) is 1. The Morgan fingerprint density at radius 2 is 2.40 bits per heavy atom. The van der Waals surface area contributed by atoms with E-state index in [1.54, 1.807) is 7.11 Å². The molecule has 0 aromatic carbocycles. The van der Waals surface area contributed by atoms with E-state index in [1.807, 2.05) is 18.9 Å². The maximum Gasteiger partial charge on any atom is 0.222 e. The molecule has 0 aromatic heterocycles. The Bertz CT molecular complexity index is 203. The molecule has 0 spiro atoms. The van der Waals surface area contributed by atoms with Gasteiger partial charge in [-0.3, -0.25) is 4.79 Å². The predicted molar refractivity (Wildman–Crippen MR) is 59.7 cm³/mol. The van der Waals surface area contributed by atoms with Crippen molar-refractivity contribution in [2.24, 2.45) is 5.92 Å². The first-order chi connectivity index (χ1) is 7.15. The van der Waals surface area contributed by atoms with Crippen LogP contribution in [0.5, 0.6) is 0 Å². The molecule has 1 aliphatic rings. The summed E-state index contributed by atoms with van der Waals surface area (Å²) in [5, 5.41) is 3.27. The lowest BCUT2D eigenvalue weighted by molar-refractivity contribution is -0.132. The summed E-state index contributed by atoms with van der Waals surface area (Å²) in [4.78, 5) is 13.7. The van der Waals surface area contributed by atoms with E-state index in [9.17, 15) is 4.79 Å². The van der Waals surface area contributed by atoms with Crippen LogP contribution in [0.2, 0.25) is 0 Å². The highest BCUT2D eigenvalue weighted by atomic mass is 16.5. The molecule has 1 saturated heterocycles. The summed E-state index contributed by atoms with van der Waals surface area (Å²) in [6.07, 6.45) is 1.65. The molecule has 0 aliphatic carbocycles. The molecule has 0 radical (unpaired) electrons. The topological polar surface area (TPSA) is 41.6 Å². The van der Waals surface area contributed by atoms with Crippen LogP contribution in [0.4, 0.5) is 0 Å². The first-order valence-electron chi connectivity index (χ1n) is 5.60. The third kappa shape index (κ3) is 3.80. The zero-order valence-corrected chi connectivity index (χ0v) is 9.95. The van der Waals surface area contributed by atoms with Gasteiger partial charge >= 0.3 is 0 Å². The van der Waals surface area contributed by atoms with E-state index in [4.69, 9.17) is 4.74 Å². The van der Waals surface area contributed by atoms with Crippen LogP contribution in [0.3, 0.4) is 0 Å². The normalized spacial score (nSPS) is 22.7. The van der Waals surface area contributed by atoms with Gasteiger partial charge in [-0.1, -0.05) is 6.92 Å². The van der Waals surface area contributed by atoms with E-state index in [0.717, 1.165) is 19.5 Å². The van der Waals surface area contributed by atoms with Gasteiger partial charge in [0.15, 0.2) is 0 Å². The van der Waals surface area contributed by atoms with Crippen molar-refractivity contribution in [3.8, 4) is 0 Å². The predicted octanol–water partition coefficient (Wildman–Crippen LogP) is 0.479. The molecule has 4 heteroatoms. The van der Waals surface area contributed by atoms with Gasteiger partial charge in [0, 0.05) is 39.8 Å². The second-order valence-corrected chi connectivity index (χ2v) is 4.42. The van der Waals surface area contributed by atoms with Crippen LogP contribution in [0, 0.1) is 5.92 Å². The molecule has 0 saturated carbocycles. The molecule has 1 amide bonds. The first-order valence-corrected chi connectivity index (χ1v) is 5.60. The molecule has 2 unspecified atom stereocenters. The van der Waals surface area contributed by atoms with Gasteiger partial charge in [-0.2, -0.15) is 0 Å². The van der Waals surface area contributed by atoms with Crippen LogP contribution in [0.1, 0.15) is 19.8 Å². The van der Waals surface area contributed by atoms with E-state index in [1.165, 1.54) is 0 Å². The lowest BCUT2D eigenvalue weighted by Gasteiger charge is -2.25. The second-order valence-electron chi connectivity index (χ2n) is 4.42. The van der Waals surface area contributed by atoms with Crippen molar-refractivity contribution < 1.29 is 9.53 Å². The number of methoxy groups -OCH3 is 1. The Hall–Kier alpha value is -0.610. The third-order valence-corrected chi connectivity index (χ3v) is 2.95. The molecule has 4 nitrogen and oxygen atoms in total. The van der Waals surface area contributed by atoms with Crippen molar-refractivity contribution in [2.45, 2.75) is 25.8 Å².